The van der Waals surface area contributed by atoms with Gasteiger partial charge in [0.2, 0.25) is 5.95 Å². The van der Waals surface area contributed by atoms with Crippen molar-refractivity contribution in [2.75, 3.05) is 20.0 Å². The van der Waals surface area contributed by atoms with E-state index in [1.54, 1.807) is 14.2 Å². The van der Waals surface area contributed by atoms with Crippen molar-refractivity contribution in [1.29, 1.82) is 0 Å². The van der Waals surface area contributed by atoms with Crippen LogP contribution in [-0.2, 0) is 7.05 Å². The number of nitrogen functional groups attached to an aromatic ring is 1. The predicted molar refractivity (Wildman–Crippen MR) is 115 cm³/mol. The summed E-state index contributed by atoms with van der Waals surface area (Å²) in [5, 5.41) is 9.64. The van der Waals surface area contributed by atoms with Crippen LogP contribution in [0.1, 0.15) is 25.3 Å². The van der Waals surface area contributed by atoms with Gasteiger partial charge in [0, 0.05) is 30.2 Å². The molecule has 7 heteroatoms. The lowest BCUT2D eigenvalue weighted by Gasteiger charge is -2.17. The molecule has 0 spiro atoms. The third-order valence-corrected chi connectivity index (χ3v) is 5.23. The van der Waals surface area contributed by atoms with E-state index in [2.05, 4.69) is 46.8 Å². The molecule has 2 aromatic carbocycles. The maximum Gasteiger partial charge on any atom is 0.226 e. The Morgan fingerprint density at radius 3 is 2.41 bits per heavy atom. The zero-order valence-electron chi connectivity index (χ0n) is 17.3. The highest BCUT2D eigenvalue weighted by Crippen LogP contribution is 2.39. The van der Waals surface area contributed by atoms with Crippen molar-refractivity contribution in [2.24, 2.45) is 7.05 Å². The van der Waals surface area contributed by atoms with E-state index in [-0.39, 0.29) is 5.92 Å². The molecule has 0 amide bonds. The molecule has 0 atom stereocenters. The second kappa shape index (κ2) is 7.16. The highest BCUT2D eigenvalue weighted by Gasteiger charge is 2.21. The highest BCUT2D eigenvalue weighted by molar-refractivity contribution is 5.83. The molecule has 0 saturated heterocycles. The Morgan fingerprint density at radius 2 is 1.72 bits per heavy atom. The first-order valence-electron chi connectivity index (χ1n) is 9.47. The molecule has 7 nitrogen and oxygen atoms in total. The Balaban J connectivity index is 1.94. The molecule has 0 bridgehead atoms. The van der Waals surface area contributed by atoms with E-state index in [4.69, 9.17) is 15.2 Å². The van der Waals surface area contributed by atoms with Gasteiger partial charge in [-0.1, -0.05) is 13.8 Å². The molecule has 4 rings (SSSR count). The normalized spacial score (nSPS) is 11.4. The lowest BCUT2D eigenvalue weighted by molar-refractivity contribution is 0.390. The number of aromatic nitrogens is 4. The van der Waals surface area contributed by atoms with E-state index >= 15 is 0 Å². The maximum absolute atomic E-state index is 6.22. The van der Waals surface area contributed by atoms with Gasteiger partial charge in [0.25, 0.3) is 0 Å². The van der Waals surface area contributed by atoms with E-state index < -0.39 is 0 Å². The molecule has 4 aromatic rings. The molecule has 150 valence electrons. The average molecular weight is 391 g/mol. The lowest BCUT2D eigenvalue weighted by Crippen LogP contribution is -2.05. The maximum atomic E-state index is 6.22. The quantitative estimate of drug-likeness (QED) is 0.553. The number of fused-ring (bicyclic) bond motifs is 1. The number of nitrogens with two attached hydrogens (primary N) is 1. The van der Waals surface area contributed by atoms with Crippen LogP contribution in [-0.4, -0.2) is 33.6 Å². The Bertz CT molecular complexity index is 1190. The van der Waals surface area contributed by atoms with Crippen molar-refractivity contribution in [2.45, 2.75) is 19.8 Å². The van der Waals surface area contributed by atoms with Crippen LogP contribution < -0.4 is 15.2 Å². The van der Waals surface area contributed by atoms with Gasteiger partial charge in [-0.2, -0.15) is 0 Å². The standard InChI is InChI=1S/C22H25N5O2/c1-13(2)16-11-17(20(29-5)12-19(16)28-4)21-24-25-22(23)27(21)15-6-7-18-14(10-15)8-9-26(18)3/h6-13H,1-5H3,(H2,23,25). The van der Waals surface area contributed by atoms with Crippen LogP contribution in [0.4, 0.5) is 5.95 Å². The third kappa shape index (κ3) is 3.08. The number of ether oxygens (including phenoxy) is 2. The summed E-state index contributed by atoms with van der Waals surface area (Å²) in [5.74, 6) is 2.65. The number of hydrogen-bond acceptors (Lipinski definition) is 5. The van der Waals surface area contributed by atoms with E-state index in [0.29, 0.717) is 17.5 Å². The first-order chi connectivity index (χ1) is 13.9. The van der Waals surface area contributed by atoms with Gasteiger partial charge in [-0.25, -0.2) is 0 Å². The highest BCUT2D eigenvalue weighted by atomic mass is 16.5. The molecule has 0 aliphatic heterocycles. The molecule has 29 heavy (non-hydrogen) atoms. The summed E-state index contributed by atoms with van der Waals surface area (Å²) in [6.45, 7) is 4.24. The summed E-state index contributed by atoms with van der Waals surface area (Å²) in [6, 6.07) is 12.2. The number of anilines is 1. The van der Waals surface area contributed by atoms with Crippen LogP contribution in [0.15, 0.2) is 42.6 Å². The van der Waals surface area contributed by atoms with Crippen molar-refractivity contribution in [3.8, 4) is 28.6 Å². The van der Waals surface area contributed by atoms with Gasteiger partial charge >= 0.3 is 0 Å². The second-order valence-electron chi connectivity index (χ2n) is 7.34. The van der Waals surface area contributed by atoms with Gasteiger partial charge in [-0.05, 0) is 41.8 Å². The minimum Gasteiger partial charge on any atom is -0.496 e. The molecule has 2 heterocycles. The summed E-state index contributed by atoms with van der Waals surface area (Å²) in [4.78, 5) is 0. The van der Waals surface area contributed by atoms with Crippen molar-refractivity contribution in [3.05, 3.63) is 48.2 Å². The number of methoxy groups -OCH3 is 2. The number of aryl methyl sites for hydroxylation is 1. The molecule has 0 radical (unpaired) electrons. The lowest BCUT2D eigenvalue weighted by atomic mass is 9.98. The van der Waals surface area contributed by atoms with Gasteiger partial charge < -0.3 is 19.8 Å². The van der Waals surface area contributed by atoms with Gasteiger partial charge in [-0.15, -0.1) is 10.2 Å². The first kappa shape index (κ1) is 18.9. The number of nitrogens with zero attached hydrogens (tertiary/aromatic N) is 4. The molecule has 0 unspecified atom stereocenters. The third-order valence-electron chi connectivity index (χ3n) is 5.23. The van der Waals surface area contributed by atoms with Crippen LogP contribution in [0.25, 0.3) is 28.0 Å². The van der Waals surface area contributed by atoms with Crippen molar-refractivity contribution in [3.63, 3.8) is 0 Å². The van der Waals surface area contributed by atoms with Gasteiger partial charge in [0.05, 0.1) is 25.5 Å². The fourth-order valence-corrected chi connectivity index (χ4v) is 3.68. The molecule has 2 aromatic heterocycles. The van der Waals surface area contributed by atoms with Gasteiger partial charge in [-0.3, -0.25) is 4.57 Å². The Labute approximate surface area is 169 Å². The summed E-state index contributed by atoms with van der Waals surface area (Å²) in [7, 11) is 5.32. The van der Waals surface area contributed by atoms with Crippen molar-refractivity contribution >= 4 is 16.9 Å². The number of hydrogen-bond donors (Lipinski definition) is 1. The SMILES string of the molecule is COc1cc(OC)c(C(C)C)cc1-c1nnc(N)n1-c1ccc2c(ccn2C)c1. The van der Waals surface area contributed by atoms with Crippen LogP contribution >= 0.6 is 0 Å². The van der Waals surface area contributed by atoms with Crippen LogP contribution in [0.5, 0.6) is 11.5 Å². The second-order valence-corrected chi connectivity index (χ2v) is 7.34. The largest absolute Gasteiger partial charge is 0.496 e. The molecule has 2 N–H and O–H groups in total. The van der Waals surface area contributed by atoms with Gasteiger partial charge in [0.1, 0.15) is 11.5 Å². The predicted octanol–water partition coefficient (Wildman–Crippen LogP) is 4.15. The monoisotopic (exact) mass is 391 g/mol. The molecule has 0 aliphatic carbocycles. The minimum atomic E-state index is 0.268. The number of benzene rings is 2. The summed E-state index contributed by atoms with van der Waals surface area (Å²) >= 11 is 0. The van der Waals surface area contributed by atoms with Crippen LogP contribution in [0, 0.1) is 0 Å². The van der Waals surface area contributed by atoms with E-state index in [1.165, 1.54) is 0 Å². The Morgan fingerprint density at radius 1 is 0.966 bits per heavy atom. The average Bonchev–Trinajstić information content (AvgIpc) is 3.29. The molecular weight excluding hydrogens is 366 g/mol. The fourth-order valence-electron chi connectivity index (χ4n) is 3.68. The Kier molecular flexibility index (Phi) is 4.66. The smallest absolute Gasteiger partial charge is 0.226 e. The molecular formula is C22H25N5O2. The van der Waals surface area contributed by atoms with E-state index in [0.717, 1.165) is 33.5 Å². The Hall–Kier alpha value is -3.48. The van der Waals surface area contributed by atoms with Crippen LogP contribution in [0.3, 0.4) is 0 Å². The van der Waals surface area contributed by atoms with E-state index in [1.807, 2.05) is 36.0 Å². The zero-order valence-corrected chi connectivity index (χ0v) is 17.3. The summed E-state index contributed by atoms with van der Waals surface area (Å²) in [5.41, 5.74) is 10.1. The first-order valence-corrected chi connectivity index (χ1v) is 9.47. The molecule has 0 saturated carbocycles. The molecule has 0 aliphatic rings. The van der Waals surface area contributed by atoms with Crippen molar-refractivity contribution in [1.82, 2.24) is 19.3 Å². The van der Waals surface area contributed by atoms with Crippen molar-refractivity contribution < 1.29 is 9.47 Å². The fraction of sp³-hybridized carbons (Fsp3) is 0.273. The topological polar surface area (TPSA) is 80.1 Å². The zero-order chi connectivity index (χ0) is 20.7. The molecule has 0 fully saturated rings. The summed E-state index contributed by atoms with van der Waals surface area (Å²) in [6.07, 6.45) is 2.03. The summed E-state index contributed by atoms with van der Waals surface area (Å²) < 4.78 is 15.1. The van der Waals surface area contributed by atoms with Crippen LogP contribution in [0.2, 0.25) is 0 Å². The van der Waals surface area contributed by atoms with E-state index in [9.17, 15) is 0 Å². The number of rotatable bonds is 5. The minimum absolute atomic E-state index is 0.268. The van der Waals surface area contributed by atoms with Gasteiger partial charge in [0.15, 0.2) is 5.82 Å².